The van der Waals surface area contributed by atoms with Crippen LogP contribution in [0.3, 0.4) is 0 Å². The van der Waals surface area contributed by atoms with Crippen LogP contribution in [0.15, 0.2) is 12.1 Å². The van der Waals surface area contributed by atoms with Crippen LogP contribution in [-0.4, -0.2) is 32.1 Å². The van der Waals surface area contributed by atoms with E-state index in [1.807, 2.05) is 13.8 Å². The van der Waals surface area contributed by atoms with Crippen molar-refractivity contribution >= 4 is 11.9 Å². The molecule has 140 valence electrons. The molecule has 1 aromatic rings. The molecule has 0 fully saturated rings. The van der Waals surface area contributed by atoms with Gasteiger partial charge in [0.15, 0.2) is 0 Å². The number of hydrogen-bond acceptors (Lipinski definition) is 4. The molecule has 1 aromatic carbocycles. The summed E-state index contributed by atoms with van der Waals surface area (Å²) < 4.78 is 34.1. The van der Waals surface area contributed by atoms with E-state index in [1.54, 1.807) is 13.8 Å². The Morgan fingerprint density at radius 1 is 1.16 bits per heavy atom. The Balaban J connectivity index is 2.84. The highest BCUT2D eigenvalue weighted by molar-refractivity contribution is 5.95. The summed E-state index contributed by atoms with van der Waals surface area (Å²) in [5, 5.41) is 2.71. The third-order valence-corrected chi connectivity index (χ3v) is 3.73. The first-order valence-electron chi connectivity index (χ1n) is 8.07. The second-order valence-electron chi connectivity index (χ2n) is 6.38. The third kappa shape index (κ3) is 6.32. The number of rotatable bonds is 8. The minimum atomic E-state index is -2.92. The highest BCUT2D eigenvalue weighted by Gasteiger charge is 2.22. The van der Waals surface area contributed by atoms with Crippen LogP contribution in [0.4, 0.5) is 8.78 Å². The number of carbonyl (C=O) groups excluding carboxylic acids is 2. The summed E-state index contributed by atoms with van der Waals surface area (Å²) in [6.07, 6.45) is 0.589. The standard InChI is InChI=1S/C18H25F2NO4/c1-10(2)6-14(17(23)24-5)9-21-16(22)13-7-11(3)15(12(4)8-13)25-18(19)20/h7-8,10,14,18H,6,9H2,1-5H3,(H,21,22)/t14-/m1/s1. The molecule has 0 aliphatic carbocycles. The molecule has 5 nitrogen and oxygen atoms in total. The largest absolute Gasteiger partial charge is 0.469 e. The van der Waals surface area contributed by atoms with E-state index in [2.05, 4.69) is 10.1 Å². The van der Waals surface area contributed by atoms with E-state index in [4.69, 9.17) is 4.74 Å². The smallest absolute Gasteiger partial charge is 0.387 e. The monoisotopic (exact) mass is 357 g/mol. The zero-order valence-electron chi connectivity index (χ0n) is 15.2. The first kappa shape index (κ1) is 20.9. The molecule has 0 bridgehead atoms. The molecule has 0 spiro atoms. The van der Waals surface area contributed by atoms with Crippen molar-refractivity contribution in [2.75, 3.05) is 13.7 Å². The van der Waals surface area contributed by atoms with Gasteiger partial charge >= 0.3 is 12.6 Å². The summed E-state index contributed by atoms with van der Waals surface area (Å²) in [4.78, 5) is 24.1. The van der Waals surface area contributed by atoms with Crippen molar-refractivity contribution in [2.24, 2.45) is 11.8 Å². The number of methoxy groups -OCH3 is 1. The molecular weight excluding hydrogens is 332 g/mol. The Bertz CT molecular complexity index is 594. The summed E-state index contributed by atoms with van der Waals surface area (Å²) in [6, 6.07) is 2.96. The van der Waals surface area contributed by atoms with Crippen LogP contribution in [0.25, 0.3) is 0 Å². The normalized spacial score (nSPS) is 12.2. The van der Waals surface area contributed by atoms with Crippen LogP contribution in [0.2, 0.25) is 0 Å². The Morgan fingerprint density at radius 3 is 2.16 bits per heavy atom. The second-order valence-corrected chi connectivity index (χ2v) is 6.38. The predicted octanol–water partition coefficient (Wildman–Crippen LogP) is 3.47. The van der Waals surface area contributed by atoms with Gasteiger partial charge in [0.1, 0.15) is 5.75 Å². The molecule has 0 aliphatic rings. The first-order chi connectivity index (χ1) is 11.6. The molecule has 0 unspecified atom stereocenters. The Kier molecular flexibility index (Phi) is 7.80. The van der Waals surface area contributed by atoms with E-state index in [0.29, 0.717) is 23.1 Å². The van der Waals surface area contributed by atoms with Gasteiger partial charge in [-0.2, -0.15) is 8.78 Å². The lowest BCUT2D eigenvalue weighted by atomic mass is 9.97. The van der Waals surface area contributed by atoms with Crippen molar-refractivity contribution < 1.29 is 27.8 Å². The van der Waals surface area contributed by atoms with Gasteiger partial charge in [0.2, 0.25) is 0 Å². The lowest BCUT2D eigenvalue weighted by Crippen LogP contribution is -2.34. The number of carbonyl (C=O) groups is 2. The number of halogens is 2. The fraction of sp³-hybridized carbons (Fsp3) is 0.556. The molecule has 1 N–H and O–H groups in total. The molecule has 1 rings (SSSR count). The van der Waals surface area contributed by atoms with Crippen molar-refractivity contribution in [3.63, 3.8) is 0 Å². The number of amides is 1. The third-order valence-electron chi connectivity index (χ3n) is 3.73. The highest BCUT2D eigenvalue weighted by atomic mass is 19.3. The lowest BCUT2D eigenvalue weighted by Gasteiger charge is -2.18. The van der Waals surface area contributed by atoms with Crippen molar-refractivity contribution in [3.8, 4) is 5.75 Å². The minimum Gasteiger partial charge on any atom is -0.469 e. The van der Waals surface area contributed by atoms with Gasteiger partial charge in [0.25, 0.3) is 5.91 Å². The van der Waals surface area contributed by atoms with Gasteiger partial charge in [0.05, 0.1) is 13.0 Å². The average molecular weight is 357 g/mol. The van der Waals surface area contributed by atoms with Gasteiger partial charge in [-0.15, -0.1) is 0 Å². The minimum absolute atomic E-state index is 0.0683. The van der Waals surface area contributed by atoms with Gasteiger partial charge < -0.3 is 14.8 Å². The van der Waals surface area contributed by atoms with E-state index < -0.39 is 12.5 Å². The van der Waals surface area contributed by atoms with Crippen LogP contribution in [0, 0.1) is 25.7 Å². The molecule has 0 saturated heterocycles. The Labute approximate surface area is 146 Å². The number of hydrogen-bond donors (Lipinski definition) is 1. The van der Waals surface area contributed by atoms with Crippen LogP contribution in [0.1, 0.15) is 41.8 Å². The van der Waals surface area contributed by atoms with Crippen LogP contribution in [0.5, 0.6) is 5.75 Å². The molecule has 0 aliphatic heterocycles. The van der Waals surface area contributed by atoms with Gasteiger partial charge in [0, 0.05) is 12.1 Å². The fourth-order valence-corrected chi connectivity index (χ4v) is 2.67. The maximum Gasteiger partial charge on any atom is 0.387 e. The molecule has 1 amide bonds. The van der Waals surface area contributed by atoms with Crippen molar-refractivity contribution in [1.29, 1.82) is 0 Å². The SMILES string of the molecule is COC(=O)[C@@H](CNC(=O)c1cc(C)c(OC(F)F)c(C)c1)CC(C)C. The lowest BCUT2D eigenvalue weighted by molar-refractivity contribution is -0.145. The van der Waals surface area contributed by atoms with Crippen LogP contribution < -0.4 is 10.1 Å². The number of alkyl halides is 2. The number of aryl methyl sites for hydroxylation is 2. The molecule has 0 radical (unpaired) electrons. The highest BCUT2D eigenvalue weighted by Crippen LogP contribution is 2.26. The van der Waals surface area contributed by atoms with Crippen molar-refractivity contribution in [2.45, 2.75) is 40.7 Å². The molecule has 0 saturated carbocycles. The van der Waals surface area contributed by atoms with Crippen molar-refractivity contribution in [3.05, 3.63) is 28.8 Å². The summed E-state index contributed by atoms with van der Waals surface area (Å²) in [7, 11) is 1.31. The first-order valence-corrected chi connectivity index (χ1v) is 8.07. The number of ether oxygens (including phenoxy) is 2. The van der Waals surface area contributed by atoms with Crippen LogP contribution >= 0.6 is 0 Å². The second kappa shape index (κ2) is 9.34. The van der Waals surface area contributed by atoms with Gasteiger partial charge in [-0.3, -0.25) is 9.59 Å². The van der Waals surface area contributed by atoms with Gasteiger partial charge in [-0.25, -0.2) is 0 Å². The van der Waals surface area contributed by atoms with E-state index in [1.165, 1.54) is 19.2 Å². The summed E-state index contributed by atoms with van der Waals surface area (Å²) >= 11 is 0. The Hall–Kier alpha value is -2.18. The summed E-state index contributed by atoms with van der Waals surface area (Å²) in [6.45, 7) is 4.37. The number of nitrogens with one attached hydrogen (secondary N) is 1. The van der Waals surface area contributed by atoms with Gasteiger partial charge in [-0.05, 0) is 49.4 Å². The average Bonchev–Trinajstić information content (AvgIpc) is 2.52. The molecular formula is C18H25F2NO4. The molecule has 25 heavy (non-hydrogen) atoms. The van der Waals surface area contributed by atoms with E-state index >= 15 is 0 Å². The van der Waals surface area contributed by atoms with Crippen LogP contribution in [-0.2, 0) is 9.53 Å². The fourth-order valence-electron chi connectivity index (χ4n) is 2.67. The number of benzene rings is 1. The maximum absolute atomic E-state index is 12.4. The Morgan fingerprint density at radius 2 is 1.72 bits per heavy atom. The molecule has 1 atom stereocenters. The van der Waals surface area contributed by atoms with Gasteiger partial charge in [-0.1, -0.05) is 13.8 Å². The maximum atomic E-state index is 12.4. The van der Waals surface area contributed by atoms with Crippen molar-refractivity contribution in [1.82, 2.24) is 5.32 Å². The molecule has 7 heteroatoms. The zero-order chi connectivity index (χ0) is 19.1. The summed E-state index contributed by atoms with van der Waals surface area (Å²) in [5.41, 5.74) is 1.21. The van der Waals surface area contributed by atoms with E-state index in [-0.39, 0.29) is 30.1 Å². The van der Waals surface area contributed by atoms with E-state index in [0.717, 1.165) is 0 Å². The zero-order valence-corrected chi connectivity index (χ0v) is 15.2. The number of esters is 1. The molecule has 0 aromatic heterocycles. The quantitative estimate of drug-likeness (QED) is 0.724. The topological polar surface area (TPSA) is 64.6 Å². The van der Waals surface area contributed by atoms with E-state index in [9.17, 15) is 18.4 Å². The molecule has 0 heterocycles. The summed E-state index contributed by atoms with van der Waals surface area (Å²) in [5.74, 6) is -0.845. The predicted molar refractivity (Wildman–Crippen MR) is 89.8 cm³/mol.